The van der Waals surface area contributed by atoms with Gasteiger partial charge in [0, 0.05) is 0 Å². The van der Waals surface area contributed by atoms with Crippen LogP contribution in [-0.2, 0) is 0 Å². The lowest BCUT2D eigenvalue weighted by Gasteiger charge is -2.00. The number of nitrogens with zero attached hydrogens (tertiary/aromatic N) is 5. The lowest BCUT2D eigenvalue weighted by atomic mass is 10.2. The van der Waals surface area contributed by atoms with Crippen molar-refractivity contribution in [1.29, 1.82) is 0 Å². The van der Waals surface area contributed by atoms with Crippen LogP contribution in [0.3, 0.4) is 0 Å². The van der Waals surface area contributed by atoms with E-state index in [4.69, 9.17) is 15.0 Å². The molecule has 0 radical (unpaired) electrons. The lowest BCUT2D eigenvalue weighted by molar-refractivity contribution is 1.25. The first-order valence-corrected chi connectivity index (χ1v) is 13.5. The van der Waals surface area contributed by atoms with Crippen LogP contribution in [0, 0.1) is 0 Å². The van der Waals surface area contributed by atoms with E-state index in [1.807, 2.05) is 140 Å². The molecule has 5 nitrogen and oxygen atoms in total. The van der Waals surface area contributed by atoms with E-state index >= 15 is 0 Å². The van der Waals surface area contributed by atoms with Crippen LogP contribution in [0.5, 0.6) is 0 Å². The van der Waals surface area contributed by atoms with Gasteiger partial charge in [-0.2, -0.15) is 0 Å². The summed E-state index contributed by atoms with van der Waals surface area (Å²) in [6.45, 7) is 7.55. The fraction of sp³-hybridized carbons (Fsp3) is 0. The SMILES string of the molecule is C=Cc1cccc(/C=C/c2cccc(/C=C/c3cccc(/C=C/c4cccc(/C=C/c5cccc(C=C)n5)n4)n3)n2)n1. The maximum atomic E-state index is 4.74. The van der Waals surface area contributed by atoms with Crippen molar-refractivity contribution >= 4 is 60.8 Å². The Hall–Kier alpha value is -5.81. The molecule has 0 atom stereocenters. The highest BCUT2D eigenvalue weighted by molar-refractivity contribution is 5.72. The first-order chi connectivity index (χ1) is 20.7. The molecule has 0 N–H and O–H groups in total. The zero-order valence-electron chi connectivity index (χ0n) is 23.1. The van der Waals surface area contributed by atoms with E-state index < -0.39 is 0 Å². The van der Waals surface area contributed by atoms with Gasteiger partial charge in [0.1, 0.15) is 0 Å². The summed E-state index contributed by atoms with van der Waals surface area (Å²) >= 11 is 0. The standard InChI is InChI=1S/C37H29N5/c1-3-28-10-5-12-30(38-28)20-22-32-14-7-16-34(40-32)24-26-36-18-9-19-37(42-36)27-25-35-17-8-15-33(41-35)23-21-31-13-6-11-29(4-2)39-31/h3-27H,1-2H2/b22-20+,23-21+,26-24+,27-25+. The van der Waals surface area contributed by atoms with Crippen molar-refractivity contribution in [3.05, 3.63) is 161 Å². The van der Waals surface area contributed by atoms with Crippen LogP contribution in [-0.4, -0.2) is 24.9 Å². The molecule has 5 aromatic heterocycles. The molecule has 5 heterocycles. The summed E-state index contributed by atoms with van der Waals surface area (Å²) in [5.41, 5.74) is 8.44. The van der Waals surface area contributed by atoms with Crippen molar-refractivity contribution in [2.75, 3.05) is 0 Å². The molecule has 0 aliphatic rings. The summed E-state index contributed by atoms with van der Waals surface area (Å²) in [6.07, 6.45) is 19.1. The van der Waals surface area contributed by atoms with Gasteiger partial charge in [-0.25, -0.2) is 24.9 Å². The van der Waals surface area contributed by atoms with Crippen LogP contribution < -0.4 is 0 Å². The van der Waals surface area contributed by atoms with Crippen molar-refractivity contribution < 1.29 is 0 Å². The van der Waals surface area contributed by atoms with Crippen LogP contribution >= 0.6 is 0 Å². The van der Waals surface area contributed by atoms with Crippen molar-refractivity contribution in [3.63, 3.8) is 0 Å². The van der Waals surface area contributed by atoms with E-state index in [9.17, 15) is 0 Å². The minimum Gasteiger partial charge on any atom is -0.249 e. The number of rotatable bonds is 10. The molecule has 0 saturated carbocycles. The Kier molecular flexibility index (Phi) is 9.25. The zero-order valence-corrected chi connectivity index (χ0v) is 23.1. The second-order valence-electron chi connectivity index (χ2n) is 9.18. The second-order valence-corrected chi connectivity index (χ2v) is 9.18. The summed E-state index contributed by atoms with van der Waals surface area (Å²) in [5.74, 6) is 0. The van der Waals surface area contributed by atoms with Crippen LogP contribution in [0.15, 0.2) is 104 Å². The largest absolute Gasteiger partial charge is 0.249 e. The molecule has 0 fully saturated rings. The summed E-state index contributed by atoms with van der Waals surface area (Å²) in [7, 11) is 0. The van der Waals surface area contributed by atoms with Gasteiger partial charge in [0.2, 0.25) is 0 Å². The van der Waals surface area contributed by atoms with Gasteiger partial charge in [-0.05, 0) is 121 Å². The Morgan fingerprint density at radius 2 is 0.452 bits per heavy atom. The first-order valence-electron chi connectivity index (χ1n) is 13.5. The van der Waals surface area contributed by atoms with Crippen molar-refractivity contribution in [2.45, 2.75) is 0 Å². The van der Waals surface area contributed by atoms with E-state index in [0.29, 0.717) is 0 Å². The Morgan fingerprint density at radius 3 is 0.643 bits per heavy atom. The number of hydrogen-bond acceptors (Lipinski definition) is 5. The predicted octanol–water partition coefficient (Wildman–Crippen LogP) is 8.63. The normalized spacial score (nSPS) is 11.6. The molecular weight excluding hydrogens is 514 g/mol. The number of pyridine rings is 5. The fourth-order valence-corrected chi connectivity index (χ4v) is 4.00. The molecule has 202 valence electrons. The van der Waals surface area contributed by atoms with Gasteiger partial charge in [-0.15, -0.1) is 0 Å². The van der Waals surface area contributed by atoms with E-state index in [1.54, 1.807) is 12.2 Å². The van der Waals surface area contributed by atoms with E-state index in [2.05, 4.69) is 23.1 Å². The molecule has 5 aromatic rings. The van der Waals surface area contributed by atoms with Gasteiger partial charge in [0.05, 0.1) is 56.9 Å². The molecule has 0 aliphatic heterocycles. The Bertz CT molecular complexity index is 1700. The molecule has 0 amide bonds. The summed E-state index contributed by atoms with van der Waals surface area (Å²) in [4.78, 5) is 23.2. The Balaban J connectivity index is 1.24. The van der Waals surface area contributed by atoms with Crippen molar-refractivity contribution in [3.8, 4) is 0 Å². The molecule has 42 heavy (non-hydrogen) atoms. The molecule has 0 unspecified atom stereocenters. The average molecular weight is 544 g/mol. The van der Waals surface area contributed by atoms with Gasteiger partial charge in [-0.3, -0.25) is 0 Å². The second kappa shape index (κ2) is 14.0. The minimum atomic E-state index is 0.837. The first kappa shape index (κ1) is 27.7. The molecule has 0 bridgehead atoms. The smallest absolute Gasteiger partial charge is 0.0637 e. The minimum absolute atomic E-state index is 0.837. The molecule has 0 saturated heterocycles. The van der Waals surface area contributed by atoms with Gasteiger partial charge >= 0.3 is 0 Å². The summed E-state index contributed by atoms with van der Waals surface area (Å²) < 4.78 is 0. The number of aromatic nitrogens is 5. The Morgan fingerprint density at radius 1 is 0.286 bits per heavy atom. The van der Waals surface area contributed by atoms with E-state index in [-0.39, 0.29) is 0 Å². The van der Waals surface area contributed by atoms with Crippen LogP contribution in [0.2, 0.25) is 0 Å². The van der Waals surface area contributed by atoms with Crippen LogP contribution in [0.1, 0.15) is 56.9 Å². The molecule has 0 spiro atoms. The highest BCUT2D eigenvalue weighted by Crippen LogP contribution is 2.12. The fourth-order valence-electron chi connectivity index (χ4n) is 4.00. The zero-order chi connectivity index (χ0) is 29.0. The van der Waals surface area contributed by atoms with Crippen LogP contribution in [0.4, 0.5) is 0 Å². The van der Waals surface area contributed by atoms with E-state index in [0.717, 1.165) is 56.9 Å². The topological polar surface area (TPSA) is 64.5 Å². The Labute approximate surface area is 246 Å². The molecular formula is C37H29N5. The average Bonchev–Trinajstić information content (AvgIpc) is 3.05. The predicted molar refractivity (Wildman–Crippen MR) is 177 cm³/mol. The monoisotopic (exact) mass is 543 g/mol. The van der Waals surface area contributed by atoms with Crippen LogP contribution in [0.25, 0.3) is 60.8 Å². The maximum absolute atomic E-state index is 4.74. The van der Waals surface area contributed by atoms with E-state index in [1.165, 1.54) is 0 Å². The lowest BCUT2D eigenvalue weighted by Crippen LogP contribution is -1.88. The highest BCUT2D eigenvalue weighted by atomic mass is 14.7. The molecule has 5 rings (SSSR count). The van der Waals surface area contributed by atoms with Gasteiger partial charge in [0.15, 0.2) is 0 Å². The molecule has 5 heteroatoms. The number of hydrogen-bond donors (Lipinski definition) is 0. The highest BCUT2D eigenvalue weighted by Gasteiger charge is 1.98. The van der Waals surface area contributed by atoms with Gasteiger partial charge in [0.25, 0.3) is 0 Å². The summed E-state index contributed by atoms with van der Waals surface area (Å²) in [5, 5.41) is 0. The quantitative estimate of drug-likeness (QED) is 0.176. The maximum Gasteiger partial charge on any atom is 0.0637 e. The third kappa shape index (κ3) is 8.10. The molecule has 0 aromatic carbocycles. The third-order valence-corrected chi connectivity index (χ3v) is 6.08. The van der Waals surface area contributed by atoms with Crippen molar-refractivity contribution in [2.24, 2.45) is 0 Å². The van der Waals surface area contributed by atoms with Crippen molar-refractivity contribution in [1.82, 2.24) is 24.9 Å². The summed E-state index contributed by atoms with van der Waals surface area (Å²) in [6, 6.07) is 29.4. The van der Waals surface area contributed by atoms with Gasteiger partial charge < -0.3 is 0 Å². The van der Waals surface area contributed by atoms with Gasteiger partial charge in [-0.1, -0.05) is 43.5 Å². The molecule has 0 aliphatic carbocycles. The third-order valence-electron chi connectivity index (χ3n) is 6.08.